The predicted octanol–water partition coefficient (Wildman–Crippen LogP) is 6.34. The van der Waals surface area contributed by atoms with Crippen LogP contribution >= 0.6 is 0 Å². The van der Waals surface area contributed by atoms with E-state index in [1.54, 1.807) is 7.11 Å². The molecule has 1 N–H and O–H groups in total. The van der Waals surface area contributed by atoms with Crippen molar-refractivity contribution in [3.05, 3.63) is 53.6 Å². The molecule has 1 aliphatic heterocycles. The molecule has 1 amide bonds. The van der Waals surface area contributed by atoms with E-state index < -0.39 is 11.0 Å². The van der Waals surface area contributed by atoms with Crippen molar-refractivity contribution in [3.63, 3.8) is 0 Å². The zero-order valence-electron chi connectivity index (χ0n) is 24.4. The maximum atomic E-state index is 14.6. The highest BCUT2D eigenvalue weighted by molar-refractivity contribution is 6.10. The van der Waals surface area contributed by atoms with Crippen molar-refractivity contribution in [1.82, 2.24) is 4.90 Å². The summed E-state index contributed by atoms with van der Waals surface area (Å²) in [6.45, 7) is 8.26. The number of Topliss-reactive ketones (excluding diaryl/α,β-unsaturated/α-hetero) is 1. The molecule has 1 saturated heterocycles. The van der Waals surface area contributed by atoms with Crippen LogP contribution in [-0.4, -0.2) is 53.8 Å². The summed E-state index contributed by atoms with van der Waals surface area (Å²) in [5.41, 5.74) is 0.0702. The van der Waals surface area contributed by atoms with E-state index in [4.69, 9.17) is 9.47 Å². The first-order valence-corrected chi connectivity index (χ1v) is 15.4. The second-order valence-electron chi connectivity index (χ2n) is 14.1. The Morgan fingerprint density at radius 1 is 1.05 bits per heavy atom. The molecule has 4 fully saturated rings. The summed E-state index contributed by atoms with van der Waals surface area (Å²) in [4.78, 5) is 29.5. The molecule has 1 aromatic rings. The summed E-state index contributed by atoms with van der Waals surface area (Å²) < 4.78 is 11.8. The number of aliphatic hydroxyl groups is 1. The minimum absolute atomic E-state index is 0.0254. The third kappa shape index (κ3) is 3.04. The monoisotopic (exact) mass is 545 g/mol. The molecular weight excluding hydrogens is 502 g/mol. The maximum absolute atomic E-state index is 14.6. The van der Waals surface area contributed by atoms with Gasteiger partial charge in [-0.3, -0.25) is 4.79 Å². The zero-order valence-corrected chi connectivity index (χ0v) is 24.4. The number of benzene rings is 1. The highest BCUT2D eigenvalue weighted by atomic mass is 16.6. The van der Waals surface area contributed by atoms with Crippen molar-refractivity contribution in [2.75, 3.05) is 20.2 Å². The number of amides is 1. The molecule has 0 radical (unpaired) electrons. The Labute approximate surface area is 237 Å². The fraction of sp³-hybridized carbons (Fsp3) is 0.647. The molecule has 2 bridgehead atoms. The van der Waals surface area contributed by atoms with E-state index in [-0.39, 0.29) is 40.1 Å². The minimum atomic E-state index is -0.513. The lowest BCUT2D eigenvalue weighted by atomic mass is 9.32. The summed E-state index contributed by atoms with van der Waals surface area (Å²) in [6, 6.07) is 7.49. The minimum Gasteiger partial charge on any atom is -0.497 e. The van der Waals surface area contributed by atoms with Crippen LogP contribution in [0.2, 0.25) is 0 Å². The first kappa shape index (κ1) is 26.3. The lowest BCUT2D eigenvalue weighted by Crippen LogP contribution is -2.67. The fourth-order valence-corrected chi connectivity index (χ4v) is 10.7. The Morgan fingerprint density at radius 2 is 1.75 bits per heavy atom. The van der Waals surface area contributed by atoms with E-state index in [0.29, 0.717) is 24.4 Å². The first-order valence-electron chi connectivity index (χ1n) is 15.4. The van der Waals surface area contributed by atoms with Gasteiger partial charge in [-0.2, -0.15) is 0 Å². The Kier molecular flexibility index (Phi) is 5.57. The van der Waals surface area contributed by atoms with Gasteiger partial charge in [-0.05, 0) is 92.9 Å². The Hall–Kier alpha value is -2.60. The number of allylic oxidation sites excluding steroid dienone is 4. The number of hydrogen-bond acceptors (Lipinski definition) is 5. The molecule has 0 unspecified atom stereocenters. The van der Waals surface area contributed by atoms with Crippen molar-refractivity contribution in [1.29, 1.82) is 0 Å². The van der Waals surface area contributed by atoms with Crippen molar-refractivity contribution < 1.29 is 24.2 Å². The SMILES string of the molecule is CCCN1C[C@@]2(CC[C@H]3[C@]45C=C[C@@]6(C=C4C(=O)c4ccc(OC)cc4)C[C@@H](O)CC[C@]6(C)[C@H]5CC[C@@]32C)OC1=O. The van der Waals surface area contributed by atoms with Gasteiger partial charge in [0.2, 0.25) is 0 Å². The van der Waals surface area contributed by atoms with Crippen LogP contribution in [0.3, 0.4) is 0 Å². The number of hydrogen-bond donors (Lipinski definition) is 1. The molecule has 6 heteroatoms. The van der Waals surface area contributed by atoms with Gasteiger partial charge in [0.15, 0.2) is 5.78 Å². The molecule has 8 atom stereocenters. The molecular formula is C34H43NO5. The predicted molar refractivity (Wildman–Crippen MR) is 152 cm³/mol. The molecule has 1 heterocycles. The van der Waals surface area contributed by atoms with E-state index in [1.165, 1.54) is 0 Å². The molecule has 3 spiro atoms. The molecule has 8 rings (SSSR count). The number of carbonyl (C=O) groups is 2. The van der Waals surface area contributed by atoms with Gasteiger partial charge in [-0.1, -0.05) is 39.0 Å². The lowest BCUT2D eigenvalue weighted by Gasteiger charge is -2.71. The molecule has 7 aliphatic rings. The van der Waals surface area contributed by atoms with E-state index in [0.717, 1.165) is 62.8 Å². The smallest absolute Gasteiger partial charge is 0.410 e. The highest BCUT2D eigenvalue weighted by Gasteiger charge is 2.76. The van der Waals surface area contributed by atoms with Crippen LogP contribution < -0.4 is 4.74 Å². The second kappa shape index (κ2) is 8.47. The van der Waals surface area contributed by atoms with Crippen LogP contribution in [0.4, 0.5) is 4.79 Å². The molecule has 6 nitrogen and oxygen atoms in total. The summed E-state index contributed by atoms with van der Waals surface area (Å²) in [6.07, 6.45) is 13.6. The van der Waals surface area contributed by atoms with Crippen LogP contribution in [0.1, 0.15) is 82.5 Å². The van der Waals surface area contributed by atoms with E-state index in [1.807, 2.05) is 29.2 Å². The zero-order chi connectivity index (χ0) is 28.1. The van der Waals surface area contributed by atoms with Crippen LogP contribution in [0.15, 0.2) is 48.1 Å². The fourth-order valence-electron chi connectivity index (χ4n) is 10.7. The average molecular weight is 546 g/mol. The standard InChI is InChI=1S/C34H43NO5/c1-5-18-35-21-33(40-29(35)38)15-12-27-31(33,3)14-11-26-30(2)13-10-23(36)19-32(30)16-17-34(26,27)25(20-32)28(37)22-6-8-24(39-4)9-7-22/h6-9,16-17,20,23,26-27,36H,5,10-15,18-19,21H2,1-4H3/t23-,26+,27+,30+,31-,32-,33+,34+/m0/s1. The Morgan fingerprint density at radius 3 is 2.48 bits per heavy atom. The number of fused-ring (bicyclic) bond motifs is 2. The molecule has 3 saturated carbocycles. The number of rotatable bonds is 5. The van der Waals surface area contributed by atoms with Gasteiger partial charge in [-0.25, -0.2) is 4.79 Å². The third-order valence-electron chi connectivity index (χ3n) is 12.8. The Balaban J connectivity index is 1.38. The number of aliphatic hydroxyl groups excluding tert-OH is 1. The molecule has 214 valence electrons. The largest absolute Gasteiger partial charge is 0.497 e. The van der Waals surface area contributed by atoms with Crippen molar-refractivity contribution in [2.24, 2.45) is 33.5 Å². The van der Waals surface area contributed by atoms with Gasteiger partial charge in [0.25, 0.3) is 0 Å². The van der Waals surface area contributed by atoms with Gasteiger partial charge in [-0.15, -0.1) is 0 Å². The Bertz CT molecular complexity index is 1320. The van der Waals surface area contributed by atoms with Gasteiger partial charge < -0.3 is 19.5 Å². The summed E-state index contributed by atoms with van der Waals surface area (Å²) >= 11 is 0. The first-order chi connectivity index (χ1) is 19.1. The van der Waals surface area contributed by atoms with Crippen LogP contribution in [-0.2, 0) is 4.74 Å². The molecule has 40 heavy (non-hydrogen) atoms. The van der Waals surface area contributed by atoms with Crippen molar-refractivity contribution in [3.8, 4) is 5.75 Å². The normalized spacial score (nSPS) is 44.6. The van der Waals surface area contributed by atoms with Gasteiger partial charge in [0.1, 0.15) is 11.4 Å². The number of methoxy groups -OCH3 is 1. The highest BCUT2D eigenvalue weighted by Crippen LogP contribution is 2.79. The van der Waals surface area contributed by atoms with Crippen LogP contribution in [0.25, 0.3) is 0 Å². The molecule has 0 aromatic heterocycles. The maximum Gasteiger partial charge on any atom is 0.410 e. The van der Waals surface area contributed by atoms with Crippen LogP contribution in [0.5, 0.6) is 5.75 Å². The van der Waals surface area contributed by atoms with Crippen molar-refractivity contribution >= 4 is 11.9 Å². The number of ether oxygens (including phenoxy) is 2. The van der Waals surface area contributed by atoms with Crippen molar-refractivity contribution in [2.45, 2.75) is 83.8 Å². The van der Waals surface area contributed by atoms with E-state index in [2.05, 4.69) is 39.0 Å². The van der Waals surface area contributed by atoms with Gasteiger partial charge in [0.05, 0.1) is 19.8 Å². The summed E-state index contributed by atoms with van der Waals surface area (Å²) in [7, 11) is 1.64. The number of ketones is 1. The number of nitrogens with zero attached hydrogens (tertiary/aromatic N) is 1. The quantitative estimate of drug-likeness (QED) is 0.345. The van der Waals surface area contributed by atoms with E-state index >= 15 is 0 Å². The summed E-state index contributed by atoms with van der Waals surface area (Å²) in [5, 5.41) is 10.9. The topological polar surface area (TPSA) is 76.1 Å². The van der Waals surface area contributed by atoms with Crippen LogP contribution in [0, 0.1) is 33.5 Å². The summed E-state index contributed by atoms with van der Waals surface area (Å²) in [5.74, 6) is 1.31. The number of carbonyl (C=O) groups excluding carboxylic acids is 2. The lowest BCUT2D eigenvalue weighted by molar-refractivity contribution is -0.164. The van der Waals surface area contributed by atoms with E-state index in [9.17, 15) is 14.7 Å². The molecule has 6 aliphatic carbocycles. The van der Waals surface area contributed by atoms with Gasteiger partial charge >= 0.3 is 6.09 Å². The average Bonchev–Trinajstić information content (AvgIpc) is 3.43. The second-order valence-corrected chi connectivity index (χ2v) is 14.1. The third-order valence-corrected chi connectivity index (χ3v) is 12.8. The van der Waals surface area contributed by atoms with Gasteiger partial charge in [0, 0.05) is 33.9 Å². The molecule has 1 aromatic carbocycles.